The van der Waals surface area contributed by atoms with Gasteiger partial charge in [-0.05, 0) is 95.4 Å². The number of hydrogen-bond donors (Lipinski definition) is 0. The first kappa shape index (κ1) is 28.1. The van der Waals surface area contributed by atoms with E-state index in [1.165, 1.54) is 26.4 Å². The van der Waals surface area contributed by atoms with Gasteiger partial charge in [0.1, 0.15) is 16.5 Å². The average Bonchev–Trinajstić information content (AvgIpc) is 3.63. The summed E-state index contributed by atoms with van der Waals surface area (Å²) in [5, 5.41) is 3.50. The quantitative estimate of drug-likeness (QED) is 0.173. The van der Waals surface area contributed by atoms with Crippen LogP contribution in [0.3, 0.4) is 0 Å². The smallest absolute Gasteiger partial charge is 0.137 e. The molecule has 3 nitrogen and oxygen atoms in total. The van der Waals surface area contributed by atoms with Crippen molar-refractivity contribution in [2.75, 3.05) is 9.80 Å². The molecule has 0 radical (unpaired) electrons. The van der Waals surface area contributed by atoms with Crippen LogP contribution in [0.1, 0.15) is 0 Å². The molecule has 228 valence electrons. The maximum atomic E-state index is 6.73. The van der Waals surface area contributed by atoms with Gasteiger partial charge in [-0.25, -0.2) is 0 Å². The maximum Gasteiger partial charge on any atom is 0.137 e. The van der Waals surface area contributed by atoms with Crippen LogP contribution in [-0.4, -0.2) is 0 Å². The van der Waals surface area contributed by atoms with Gasteiger partial charge in [-0.15, -0.1) is 11.3 Å². The van der Waals surface area contributed by atoms with Crippen LogP contribution in [0.5, 0.6) is 11.5 Å². The van der Waals surface area contributed by atoms with E-state index in [4.69, 9.17) is 4.74 Å². The molecule has 48 heavy (non-hydrogen) atoms. The van der Waals surface area contributed by atoms with Crippen LogP contribution in [0.4, 0.5) is 33.4 Å². The Morgan fingerprint density at radius 1 is 0.375 bits per heavy atom. The van der Waals surface area contributed by atoms with Crippen molar-refractivity contribution in [1.29, 1.82) is 0 Å². The molecule has 2 heterocycles. The number of fused-ring (bicyclic) bond motifs is 2. The molecular formula is C44H30N2OS. The molecule has 1 aliphatic rings. The van der Waals surface area contributed by atoms with Gasteiger partial charge >= 0.3 is 0 Å². The summed E-state index contributed by atoms with van der Waals surface area (Å²) in [7, 11) is 0. The number of nitrogens with zero attached hydrogens (tertiary/aromatic N) is 2. The summed E-state index contributed by atoms with van der Waals surface area (Å²) < 4.78 is 6.73. The molecular weight excluding hydrogens is 605 g/mol. The van der Waals surface area contributed by atoms with Crippen LogP contribution in [0, 0.1) is 0 Å². The van der Waals surface area contributed by atoms with Crippen LogP contribution in [0.15, 0.2) is 182 Å². The van der Waals surface area contributed by atoms with Crippen molar-refractivity contribution < 1.29 is 4.74 Å². The molecule has 8 aromatic rings. The van der Waals surface area contributed by atoms with Crippen molar-refractivity contribution in [2.24, 2.45) is 0 Å². The molecule has 7 aromatic carbocycles. The van der Waals surface area contributed by atoms with Gasteiger partial charge in [-0.2, -0.15) is 0 Å². The lowest BCUT2D eigenvalue weighted by molar-refractivity contribution is 0.487. The van der Waals surface area contributed by atoms with Crippen molar-refractivity contribution in [3.05, 3.63) is 182 Å². The van der Waals surface area contributed by atoms with E-state index in [0.29, 0.717) is 0 Å². The van der Waals surface area contributed by atoms with Gasteiger partial charge < -0.3 is 14.5 Å². The summed E-state index contributed by atoms with van der Waals surface area (Å²) in [5.74, 6) is 1.74. The van der Waals surface area contributed by atoms with Gasteiger partial charge in [-0.3, -0.25) is 0 Å². The van der Waals surface area contributed by atoms with Crippen molar-refractivity contribution in [1.82, 2.24) is 0 Å². The van der Waals surface area contributed by atoms with Gasteiger partial charge in [0.15, 0.2) is 0 Å². The molecule has 0 bridgehead atoms. The topological polar surface area (TPSA) is 15.7 Å². The van der Waals surface area contributed by atoms with E-state index in [2.05, 4.69) is 180 Å². The predicted molar refractivity (Wildman–Crippen MR) is 202 cm³/mol. The highest BCUT2D eigenvalue weighted by molar-refractivity contribution is 7.19. The van der Waals surface area contributed by atoms with Gasteiger partial charge in [0.05, 0.1) is 0 Å². The Bertz CT molecular complexity index is 2290. The lowest BCUT2D eigenvalue weighted by Crippen LogP contribution is -2.10. The molecule has 0 spiro atoms. The Hall–Kier alpha value is -6.10. The summed E-state index contributed by atoms with van der Waals surface area (Å²) in [6, 6.07) is 64.1. The van der Waals surface area contributed by atoms with E-state index in [1.54, 1.807) is 11.3 Å². The Balaban J connectivity index is 1.13. The summed E-state index contributed by atoms with van der Waals surface area (Å²) in [6.45, 7) is 0. The van der Waals surface area contributed by atoms with Crippen LogP contribution >= 0.6 is 11.3 Å². The minimum absolute atomic E-state index is 0.858. The zero-order valence-electron chi connectivity index (χ0n) is 26.0. The third-order valence-corrected chi connectivity index (χ3v) is 9.97. The maximum absolute atomic E-state index is 6.73. The molecule has 0 amide bonds. The van der Waals surface area contributed by atoms with Crippen molar-refractivity contribution in [3.63, 3.8) is 0 Å². The van der Waals surface area contributed by atoms with Crippen molar-refractivity contribution in [2.45, 2.75) is 0 Å². The van der Waals surface area contributed by atoms with E-state index in [-0.39, 0.29) is 0 Å². The van der Waals surface area contributed by atoms with E-state index in [9.17, 15) is 0 Å². The summed E-state index contributed by atoms with van der Waals surface area (Å²) in [4.78, 5) is 5.81. The molecule has 0 N–H and O–H groups in total. The number of ether oxygens (including phenoxy) is 1. The lowest BCUT2D eigenvalue weighted by Gasteiger charge is -2.28. The molecule has 0 saturated carbocycles. The first-order valence-corrected chi connectivity index (χ1v) is 16.9. The van der Waals surface area contributed by atoms with E-state index < -0.39 is 0 Å². The standard InChI is InChI=1S/C44H30N2OS/c1-5-14-31(15-6-1)45(32-16-7-2-8-17-32)35-24-25-36-39-27-26-37(38-22-13-23-40(44(38)39)47-41(36)30-35)42-28-29-43(48-42)46(33-18-9-3-10-19-33)34-20-11-4-12-21-34/h1-30H. The summed E-state index contributed by atoms with van der Waals surface area (Å²) in [5.41, 5.74) is 9.01. The number of hydrogen-bond acceptors (Lipinski definition) is 4. The van der Waals surface area contributed by atoms with Crippen molar-refractivity contribution >= 4 is 55.5 Å². The van der Waals surface area contributed by atoms with Gasteiger partial charge in [0, 0.05) is 50.3 Å². The fourth-order valence-corrected chi connectivity index (χ4v) is 7.81. The van der Waals surface area contributed by atoms with Crippen LogP contribution < -0.4 is 14.5 Å². The van der Waals surface area contributed by atoms with Gasteiger partial charge in [0.2, 0.25) is 0 Å². The minimum Gasteiger partial charge on any atom is -0.456 e. The SMILES string of the molecule is c1ccc(N(c2ccccc2)c2ccc3c(c2)Oc2cccc4c(-c5ccc(N(c6ccccc6)c6ccccc6)s5)ccc-3c24)cc1. The van der Waals surface area contributed by atoms with E-state index >= 15 is 0 Å². The fourth-order valence-electron chi connectivity index (χ4n) is 6.72. The molecule has 0 atom stereocenters. The Morgan fingerprint density at radius 3 is 1.52 bits per heavy atom. The minimum atomic E-state index is 0.858. The second-order valence-corrected chi connectivity index (χ2v) is 12.8. The van der Waals surface area contributed by atoms with Crippen molar-refractivity contribution in [3.8, 4) is 33.1 Å². The summed E-state index contributed by atoms with van der Waals surface area (Å²) >= 11 is 1.80. The second-order valence-electron chi connectivity index (χ2n) is 11.8. The van der Waals surface area contributed by atoms with Crippen LogP contribution in [0.2, 0.25) is 0 Å². The average molecular weight is 635 g/mol. The predicted octanol–water partition coefficient (Wildman–Crippen LogP) is 13.3. The third-order valence-electron chi connectivity index (χ3n) is 8.87. The number of rotatable bonds is 7. The normalized spacial score (nSPS) is 11.5. The zero-order chi connectivity index (χ0) is 31.9. The van der Waals surface area contributed by atoms with E-state index in [0.717, 1.165) is 50.9 Å². The number of para-hydroxylation sites is 4. The van der Waals surface area contributed by atoms with Gasteiger partial charge in [0.25, 0.3) is 0 Å². The second kappa shape index (κ2) is 11.9. The molecule has 9 rings (SSSR count). The van der Waals surface area contributed by atoms with Gasteiger partial charge in [-0.1, -0.05) is 97.1 Å². The van der Waals surface area contributed by atoms with Crippen LogP contribution in [0.25, 0.3) is 32.3 Å². The lowest BCUT2D eigenvalue weighted by atomic mass is 9.91. The first-order chi connectivity index (χ1) is 23.8. The number of benzene rings is 7. The highest BCUT2D eigenvalue weighted by Crippen LogP contribution is 2.51. The first-order valence-electron chi connectivity index (χ1n) is 16.1. The molecule has 1 aromatic heterocycles. The molecule has 0 aliphatic carbocycles. The Morgan fingerprint density at radius 2 is 0.917 bits per heavy atom. The summed E-state index contributed by atoms with van der Waals surface area (Å²) in [6.07, 6.45) is 0. The zero-order valence-corrected chi connectivity index (χ0v) is 26.8. The number of anilines is 6. The third kappa shape index (κ3) is 4.91. The van der Waals surface area contributed by atoms with E-state index in [1.807, 2.05) is 12.1 Å². The Labute approximate surface area is 284 Å². The highest BCUT2D eigenvalue weighted by atomic mass is 32.1. The molecule has 0 unspecified atom stereocenters. The van der Waals surface area contributed by atoms with Crippen LogP contribution in [-0.2, 0) is 0 Å². The molecule has 0 saturated heterocycles. The Kier molecular flexibility index (Phi) is 6.99. The monoisotopic (exact) mass is 634 g/mol. The number of thiophene rings is 1. The fraction of sp³-hybridized carbons (Fsp3) is 0. The largest absolute Gasteiger partial charge is 0.456 e. The molecule has 1 aliphatic heterocycles. The molecule has 4 heteroatoms. The molecule has 0 fully saturated rings. The highest BCUT2D eigenvalue weighted by Gasteiger charge is 2.24.